The van der Waals surface area contributed by atoms with E-state index in [1.165, 1.54) is 38.1 Å². The quantitative estimate of drug-likeness (QED) is 0.220. The zero-order valence-corrected chi connectivity index (χ0v) is 23.3. The Morgan fingerprint density at radius 2 is 1.05 bits per heavy atom. The average Bonchev–Trinajstić information content (AvgIpc) is 3.39. The molecule has 3 heteroatoms. The molecule has 0 spiro atoms. The summed E-state index contributed by atoms with van der Waals surface area (Å²) in [6, 6.07) is 53.7. The second kappa shape index (κ2) is 9.37. The normalized spacial score (nSPS) is 11.7. The Balaban J connectivity index is 1.44. The van der Waals surface area contributed by atoms with Gasteiger partial charge in [0.1, 0.15) is 5.69 Å². The fourth-order valence-corrected chi connectivity index (χ4v) is 6.50. The highest BCUT2D eigenvalue weighted by Gasteiger charge is 2.21. The van der Waals surface area contributed by atoms with Crippen molar-refractivity contribution in [3.8, 4) is 28.2 Å². The van der Waals surface area contributed by atoms with Gasteiger partial charge >= 0.3 is 0 Å². The first-order valence-electron chi connectivity index (χ1n) is 14.6. The second-order valence-electron chi connectivity index (χ2n) is 11.1. The van der Waals surface area contributed by atoms with Crippen LogP contribution in [0.25, 0.3) is 82.6 Å². The van der Waals surface area contributed by atoms with Crippen LogP contribution in [0.2, 0.25) is 0 Å². The van der Waals surface area contributed by atoms with Crippen LogP contribution < -0.4 is 0 Å². The van der Waals surface area contributed by atoms with Crippen molar-refractivity contribution in [1.82, 2.24) is 14.5 Å². The monoisotopic (exact) mass is 547 g/mol. The summed E-state index contributed by atoms with van der Waals surface area (Å²) >= 11 is 0. The van der Waals surface area contributed by atoms with E-state index in [2.05, 4.69) is 138 Å². The standard InChI is InChI=1S/C40H25N3/c1-2-11-26(12-3-1)30-21-22-37-33(24-30)34-23-28-14-4-5-15-29(28)25-38(34)43(37)40-39(41-35-19-8-9-20-36(35)42-40)32-18-10-16-27-13-6-7-17-31(27)32/h1-25H. The van der Waals surface area contributed by atoms with Crippen LogP contribution in [0, 0.1) is 0 Å². The molecule has 0 saturated heterocycles. The van der Waals surface area contributed by atoms with E-state index in [1.807, 2.05) is 18.2 Å². The maximum Gasteiger partial charge on any atom is 0.165 e. The van der Waals surface area contributed by atoms with E-state index in [9.17, 15) is 0 Å². The maximum atomic E-state index is 5.36. The van der Waals surface area contributed by atoms with E-state index in [-0.39, 0.29) is 0 Å². The van der Waals surface area contributed by atoms with Crippen molar-refractivity contribution >= 4 is 54.4 Å². The number of rotatable bonds is 3. The molecule has 0 saturated carbocycles. The van der Waals surface area contributed by atoms with Crippen molar-refractivity contribution in [2.45, 2.75) is 0 Å². The summed E-state index contributed by atoms with van der Waals surface area (Å²) in [6.45, 7) is 0. The number of aromatic nitrogens is 3. The molecule has 0 radical (unpaired) electrons. The lowest BCUT2D eigenvalue weighted by Gasteiger charge is -2.15. The summed E-state index contributed by atoms with van der Waals surface area (Å²) < 4.78 is 2.32. The van der Waals surface area contributed by atoms with Crippen LogP contribution in [-0.4, -0.2) is 14.5 Å². The third kappa shape index (κ3) is 3.75. The van der Waals surface area contributed by atoms with Crippen LogP contribution >= 0.6 is 0 Å². The molecule has 0 atom stereocenters. The van der Waals surface area contributed by atoms with Gasteiger partial charge in [0.15, 0.2) is 5.82 Å². The lowest BCUT2D eigenvalue weighted by atomic mass is 10.0. The van der Waals surface area contributed by atoms with Gasteiger partial charge in [0.2, 0.25) is 0 Å². The Labute approximate surface area is 248 Å². The molecule has 0 aliphatic carbocycles. The molecule has 0 fully saturated rings. The molecule has 0 bridgehead atoms. The zero-order valence-electron chi connectivity index (χ0n) is 23.3. The van der Waals surface area contributed by atoms with Gasteiger partial charge in [0.05, 0.1) is 22.1 Å². The molecular formula is C40H25N3. The predicted molar refractivity (Wildman–Crippen MR) is 180 cm³/mol. The minimum Gasteiger partial charge on any atom is -0.292 e. The van der Waals surface area contributed by atoms with Crippen molar-refractivity contribution in [1.29, 1.82) is 0 Å². The topological polar surface area (TPSA) is 30.7 Å². The van der Waals surface area contributed by atoms with E-state index in [0.717, 1.165) is 44.5 Å². The highest BCUT2D eigenvalue weighted by Crippen LogP contribution is 2.40. The summed E-state index contributed by atoms with van der Waals surface area (Å²) in [5, 5.41) is 7.15. The third-order valence-electron chi connectivity index (χ3n) is 8.55. The molecular weight excluding hydrogens is 522 g/mol. The van der Waals surface area contributed by atoms with E-state index in [0.29, 0.717) is 0 Å². The van der Waals surface area contributed by atoms with Gasteiger partial charge in [-0.25, -0.2) is 9.97 Å². The summed E-state index contributed by atoms with van der Waals surface area (Å²) in [5.74, 6) is 0.831. The second-order valence-corrected chi connectivity index (χ2v) is 11.1. The minimum atomic E-state index is 0.831. The van der Waals surface area contributed by atoms with Gasteiger partial charge in [0.25, 0.3) is 0 Å². The van der Waals surface area contributed by atoms with E-state index >= 15 is 0 Å². The van der Waals surface area contributed by atoms with Crippen LogP contribution in [0.15, 0.2) is 152 Å². The van der Waals surface area contributed by atoms with Crippen molar-refractivity contribution in [3.63, 3.8) is 0 Å². The fraction of sp³-hybridized carbons (Fsp3) is 0. The van der Waals surface area contributed by atoms with Gasteiger partial charge < -0.3 is 0 Å². The van der Waals surface area contributed by atoms with Crippen molar-refractivity contribution in [2.75, 3.05) is 0 Å². The van der Waals surface area contributed by atoms with E-state index < -0.39 is 0 Å². The Hall–Kier alpha value is -5.80. The maximum absolute atomic E-state index is 5.36. The molecule has 200 valence electrons. The van der Waals surface area contributed by atoms with Crippen LogP contribution in [0.1, 0.15) is 0 Å². The van der Waals surface area contributed by atoms with Crippen LogP contribution in [0.3, 0.4) is 0 Å². The smallest absolute Gasteiger partial charge is 0.165 e. The molecule has 0 amide bonds. The Bertz CT molecular complexity index is 2500. The van der Waals surface area contributed by atoms with Gasteiger partial charge in [-0.1, -0.05) is 115 Å². The van der Waals surface area contributed by atoms with Gasteiger partial charge in [-0.2, -0.15) is 0 Å². The minimum absolute atomic E-state index is 0.831. The SMILES string of the molecule is c1ccc(-c2ccc3c(c2)c2cc4ccccc4cc2n3-c2nc3ccccc3nc2-c2cccc3ccccc23)cc1. The predicted octanol–water partition coefficient (Wildman–Crippen LogP) is 10.4. The van der Waals surface area contributed by atoms with Crippen LogP contribution in [0.5, 0.6) is 0 Å². The Morgan fingerprint density at radius 3 is 1.88 bits per heavy atom. The molecule has 9 rings (SSSR count). The molecule has 3 nitrogen and oxygen atoms in total. The number of hydrogen-bond donors (Lipinski definition) is 0. The van der Waals surface area contributed by atoms with Gasteiger partial charge in [-0.3, -0.25) is 4.57 Å². The summed E-state index contributed by atoms with van der Waals surface area (Å²) in [6.07, 6.45) is 0. The van der Waals surface area contributed by atoms with Crippen LogP contribution in [0.4, 0.5) is 0 Å². The number of benzene rings is 7. The molecule has 0 N–H and O–H groups in total. The highest BCUT2D eigenvalue weighted by molar-refractivity contribution is 6.15. The molecule has 2 aromatic heterocycles. The summed E-state index contributed by atoms with van der Waals surface area (Å²) in [5.41, 5.74) is 8.32. The lowest BCUT2D eigenvalue weighted by molar-refractivity contribution is 1.08. The Morgan fingerprint density at radius 1 is 0.395 bits per heavy atom. The molecule has 7 aromatic carbocycles. The lowest BCUT2D eigenvalue weighted by Crippen LogP contribution is -2.04. The molecule has 0 aliphatic heterocycles. The van der Waals surface area contributed by atoms with Crippen molar-refractivity contribution < 1.29 is 0 Å². The van der Waals surface area contributed by atoms with Crippen molar-refractivity contribution in [3.05, 3.63) is 152 Å². The first-order valence-corrected chi connectivity index (χ1v) is 14.6. The van der Waals surface area contributed by atoms with Gasteiger partial charge in [-0.15, -0.1) is 0 Å². The Kier molecular flexibility index (Phi) is 5.20. The first-order chi connectivity index (χ1) is 21.3. The fourth-order valence-electron chi connectivity index (χ4n) is 6.50. The average molecular weight is 548 g/mol. The van der Waals surface area contributed by atoms with Crippen molar-refractivity contribution in [2.24, 2.45) is 0 Å². The third-order valence-corrected chi connectivity index (χ3v) is 8.55. The molecule has 0 unspecified atom stereocenters. The molecule has 9 aromatic rings. The number of nitrogens with zero attached hydrogens (tertiary/aromatic N) is 3. The van der Waals surface area contributed by atoms with Crippen LogP contribution in [-0.2, 0) is 0 Å². The number of fused-ring (bicyclic) bond motifs is 6. The summed E-state index contributed by atoms with van der Waals surface area (Å²) in [4.78, 5) is 10.7. The number of para-hydroxylation sites is 2. The summed E-state index contributed by atoms with van der Waals surface area (Å²) in [7, 11) is 0. The molecule has 2 heterocycles. The molecule has 43 heavy (non-hydrogen) atoms. The van der Waals surface area contributed by atoms with E-state index in [1.54, 1.807) is 0 Å². The van der Waals surface area contributed by atoms with Gasteiger partial charge in [-0.05, 0) is 69.1 Å². The molecule has 0 aliphatic rings. The van der Waals surface area contributed by atoms with Gasteiger partial charge in [0, 0.05) is 16.3 Å². The number of hydrogen-bond acceptors (Lipinski definition) is 2. The zero-order chi connectivity index (χ0) is 28.3. The first kappa shape index (κ1) is 23.9. The van der Waals surface area contributed by atoms with E-state index in [4.69, 9.17) is 9.97 Å². The highest BCUT2D eigenvalue weighted by atomic mass is 15.1. The largest absolute Gasteiger partial charge is 0.292 e.